The zero-order chi connectivity index (χ0) is 23.7. The molecular weight excluding hydrogens is 575 g/mol. The SMILES string of the molecule is CCCCc1cc2c(C)ccc(C)c2[cH-]1.CCCCc1cc2c(C)ccc(C)c2[cH-]1.Cl.Cl.[CH3-].[CH3-].[Si]=[Zr]. The summed E-state index contributed by atoms with van der Waals surface area (Å²) in [5.41, 5.74) is 8.61. The Bertz CT molecular complexity index is 972. The second-order valence-electron chi connectivity index (χ2n) is 8.99. The Morgan fingerprint density at radius 1 is 0.611 bits per heavy atom. The molecule has 0 heterocycles. The van der Waals surface area contributed by atoms with E-state index in [1.54, 1.807) is 0 Å². The molecule has 0 aliphatic heterocycles. The molecule has 4 rings (SSSR count). The zero-order valence-corrected chi connectivity index (χ0v) is 28.8. The van der Waals surface area contributed by atoms with Gasteiger partial charge in [0, 0.05) is 0 Å². The Morgan fingerprint density at radius 2 is 0.917 bits per heavy atom. The molecule has 0 N–H and O–H groups in total. The monoisotopic (exact) mass is 618 g/mol. The van der Waals surface area contributed by atoms with E-state index >= 15 is 0 Å². The fraction of sp³-hybridized carbons (Fsp3) is 0.375. The summed E-state index contributed by atoms with van der Waals surface area (Å²) < 4.78 is 0. The van der Waals surface area contributed by atoms with Crippen molar-refractivity contribution in [2.45, 2.75) is 80.1 Å². The average Bonchev–Trinajstić information content (AvgIpc) is 3.44. The van der Waals surface area contributed by atoms with Gasteiger partial charge in [-0.1, -0.05) is 76.6 Å². The van der Waals surface area contributed by atoms with Gasteiger partial charge in [0.2, 0.25) is 0 Å². The van der Waals surface area contributed by atoms with Crippen molar-refractivity contribution in [3.8, 4) is 0 Å². The van der Waals surface area contributed by atoms with Crippen LogP contribution >= 0.6 is 24.8 Å². The van der Waals surface area contributed by atoms with Crippen LogP contribution in [0.25, 0.3) is 21.5 Å². The number of hydrogen-bond donors (Lipinski definition) is 0. The summed E-state index contributed by atoms with van der Waals surface area (Å²) >= 11 is 1.36. The van der Waals surface area contributed by atoms with Gasteiger partial charge in [-0.05, 0) is 26.7 Å². The normalized spacial score (nSPS) is 9.36. The van der Waals surface area contributed by atoms with Crippen molar-refractivity contribution >= 4 is 53.2 Å². The molecule has 0 unspecified atom stereocenters. The van der Waals surface area contributed by atoms with Gasteiger partial charge in [0.05, 0.1) is 0 Å². The van der Waals surface area contributed by atoms with Gasteiger partial charge in [0.1, 0.15) is 0 Å². The first-order chi connectivity index (χ1) is 15.4. The molecule has 36 heavy (non-hydrogen) atoms. The second kappa shape index (κ2) is 20.3. The summed E-state index contributed by atoms with van der Waals surface area (Å²) in [6.07, 6.45) is 7.61. The van der Waals surface area contributed by atoms with Gasteiger partial charge in [0.15, 0.2) is 0 Å². The molecule has 2 radical (unpaired) electrons. The summed E-state index contributed by atoms with van der Waals surface area (Å²) in [4.78, 5) is 0. The van der Waals surface area contributed by atoms with E-state index < -0.39 is 0 Å². The number of unbranched alkanes of at least 4 members (excludes halogenated alkanes) is 2. The van der Waals surface area contributed by atoms with Crippen LogP contribution in [-0.4, -0.2) is 6.88 Å². The molecule has 0 aliphatic carbocycles. The van der Waals surface area contributed by atoms with Gasteiger partial charge in [-0.2, -0.15) is 12.1 Å². The minimum atomic E-state index is 0. The standard InChI is InChI=1S/2C15H19.2CH3.2ClH.Si.Zr/c2*1-4-5-6-13-9-14-11(2)7-8-12(3)15(14)10-13;;;;;;/h2*7-10H,4-6H2,1-3H3;2*1H3;2*1H;;/q4*-1;;;;. The van der Waals surface area contributed by atoms with Crippen LogP contribution in [-0.2, 0) is 36.2 Å². The number of rotatable bonds is 6. The third-order valence-corrected chi connectivity index (χ3v) is 6.40. The Balaban J connectivity index is -0.000000513. The zero-order valence-electron chi connectivity index (χ0n) is 23.7. The summed E-state index contributed by atoms with van der Waals surface area (Å²) in [7, 11) is 0. The number of fused-ring (bicyclic) bond motifs is 2. The molecule has 0 bridgehead atoms. The van der Waals surface area contributed by atoms with Crippen molar-refractivity contribution in [2.24, 2.45) is 0 Å². The van der Waals surface area contributed by atoms with Gasteiger partial charge in [-0.25, -0.2) is 0 Å². The maximum atomic E-state index is 3.06. The maximum absolute atomic E-state index is 3.06. The van der Waals surface area contributed by atoms with E-state index in [1.165, 1.54) is 117 Å². The van der Waals surface area contributed by atoms with Crippen molar-refractivity contribution in [3.63, 3.8) is 0 Å². The summed E-state index contributed by atoms with van der Waals surface area (Å²) in [5, 5.41) is 5.78. The molecule has 0 aliphatic rings. The third-order valence-electron chi connectivity index (χ3n) is 6.40. The molecule has 0 saturated heterocycles. The molecule has 0 aromatic heterocycles. The van der Waals surface area contributed by atoms with E-state index in [-0.39, 0.29) is 39.7 Å². The molecule has 0 fully saturated rings. The first kappa shape index (κ1) is 39.8. The van der Waals surface area contributed by atoms with Crippen molar-refractivity contribution in [1.82, 2.24) is 0 Å². The van der Waals surface area contributed by atoms with Gasteiger partial charge in [-0.15, -0.1) is 92.9 Å². The fourth-order valence-corrected chi connectivity index (χ4v) is 4.35. The second-order valence-corrected chi connectivity index (χ2v) is 8.99. The van der Waals surface area contributed by atoms with Crippen LogP contribution in [0.1, 0.15) is 72.9 Å². The van der Waals surface area contributed by atoms with Crippen LogP contribution in [0.2, 0.25) is 0 Å². The molecule has 0 nitrogen and oxygen atoms in total. The van der Waals surface area contributed by atoms with Crippen LogP contribution in [0.4, 0.5) is 0 Å². The average molecular weight is 621 g/mol. The number of benzene rings is 2. The van der Waals surface area contributed by atoms with Crippen LogP contribution < -0.4 is 0 Å². The van der Waals surface area contributed by atoms with E-state index in [0.29, 0.717) is 0 Å². The predicted octanol–water partition coefficient (Wildman–Crippen LogP) is 10.4. The summed E-state index contributed by atoms with van der Waals surface area (Å²) in [6.45, 7) is 16.4. The van der Waals surface area contributed by atoms with E-state index in [2.05, 4.69) is 97.0 Å². The Labute approximate surface area is 251 Å². The molecule has 0 amide bonds. The van der Waals surface area contributed by atoms with Crippen molar-refractivity contribution in [2.75, 3.05) is 0 Å². The summed E-state index contributed by atoms with van der Waals surface area (Å²) in [5.74, 6) is 0. The van der Waals surface area contributed by atoms with E-state index in [9.17, 15) is 0 Å². The first-order valence-electron chi connectivity index (χ1n) is 12.0. The van der Waals surface area contributed by atoms with E-state index in [0.717, 1.165) is 0 Å². The topological polar surface area (TPSA) is 0 Å². The van der Waals surface area contributed by atoms with Crippen molar-refractivity contribution in [1.29, 1.82) is 0 Å². The van der Waals surface area contributed by atoms with Gasteiger partial charge >= 0.3 is 30.2 Å². The van der Waals surface area contributed by atoms with Gasteiger partial charge < -0.3 is 14.9 Å². The van der Waals surface area contributed by atoms with Crippen LogP contribution in [0.3, 0.4) is 0 Å². The Hall–Kier alpha value is -0.660. The third kappa shape index (κ3) is 10.6. The predicted molar refractivity (Wildman–Crippen MR) is 168 cm³/mol. The fourth-order valence-electron chi connectivity index (χ4n) is 4.35. The quantitative estimate of drug-likeness (QED) is 0.149. The molecule has 0 atom stereocenters. The van der Waals surface area contributed by atoms with Gasteiger partial charge in [-0.3, -0.25) is 0 Å². The molecule has 0 spiro atoms. The molecule has 200 valence electrons. The molecule has 4 heteroatoms. The Kier molecular flexibility index (Phi) is 22.5. The Morgan fingerprint density at radius 3 is 1.19 bits per heavy atom. The molecular formula is C32H46Cl2SiZr-4. The van der Waals surface area contributed by atoms with E-state index in [4.69, 9.17) is 0 Å². The molecule has 0 saturated carbocycles. The molecule has 4 aromatic rings. The van der Waals surface area contributed by atoms with Crippen LogP contribution in [0, 0.1) is 42.5 Å². The van der Waals surface area contributed by atoms with Crippen molar-refractivity contribution < 1.29 is 23.3 Å². The minimum absolute atomic E-state index is 0. The van der Waals surface area contributed by atoms with Gasteiger partial charge in [0.25, 0.3) is 0 Å². The number of aryl methyl sites for hydroxylation is 6. The molecule has 4 aromatic carbocycles. The van der Waals surface area contributed by atoms with E-state index in [1.807, 2.05) is 0 Å². The number of halogens is 2. The summed E-state index contributed by atoms with van der Waals surface area (Å²) in [6, 6.07) is 18.4. The van der Waals surface area contributed by atoms with Crippen LogP contribution in [0.15, 0.2) is 48.5 Å². The first-order valence-corrected chi connectivity index (χ1v) is 16.2. The van der Waals surface area contributed by atoms with Crippen molar-refractivity contribution in [3.05, 3.63) is 96.8 Å². The number of hydrogen-bond acceptors (Lipinski definition) is 0. The van der Waals surface area contributed by atoms with Crippen LogP contribution in [0.5, 0.6) is 0 Å².